The number of carbonyl (C=O) groups is 1. The van der Waals surface area contributed by atoms with Crippen molar-refractivity contribution in [1.29, 1.82) is 0 Å². The first-order valence-electron chi connectivity index (χ1n) is 7.02. The molecule has 0 aromatic heterocycles. The predicted molar refractivity (Wildman–Crippen MR) is 77.9 cm³/mol. The van der Waals surface area contributed by atoms with Gasteiger partial charge in [-0.1, -0.05) is 19.3 Å². The highest BCUT2D eigenvalue weighted by Gasteiger charge is 2.32. The van der Waals surface area contributed by atoms with Gasteiger partial charge >= 0.3 is 5.97 Å². The fourth-order valence-corrected chi connectivity index (χ4v) is 2.78. The fourth-order valence-electron chi connectivity index (χ4n) is 2.78. The minimum absolute atomic E-state index is 0.0184. The van der Waals surface area contributed by atoms with Gasteiger partial charge in [-0.2, -0.15) is 0 Å². The molecule has 1 aromatic carbocycles. The summed E-state index contributed by atoms with van der Waals surface area (Å²) in [5.41, 5.74) is 12.0. The molecule has 5 N–H and O–H groups in total. The largest absolute Gasteiger partial charge is 0.492 e. The van der Waals surface area contributed by atoms with Gasteiger partial charge in [-0.3, -0.25) is 0 Å². The molecule has 1 aliphatic carbocycles. The normalized spacial score (nSPS) is 17.6. The number of hydrogen-bond acceptors (Lipinski definition) is 4. The van der Waals surface area contributed by atoms with E-state index in [0.717, 1.165) is 25.7 Å². The summed E-state index contributed by atoms with van der Waals surface area (Å²) in [6, 6.07) is 4.69. The third kappa shape index (κ3) is 3.22. The van der Waals surface area contributed by atoms with Gasteiger partial charge < -0.3 is 21.3 Å². The number of anilines is 1. The molecule has 0 heterocycles. The summed E-state index contributed by atoms with van der Waals surface area (Å²) in [5, 5.41) is 9.19. The molecular formula is C15H22N2O3. The number of nitrogens with two attached hydrogens (primary N) is 2. The van der Waals surface area contributed by atoms with E-state index in [9.17, 15) is 9.90 Å². The van der Waals surface area contributed by atoms with Crippen LogP contribution >= 0.6 is 0 Å². The van der Waals surface area contributed by atoms with Crippen LogP contribution in [-0.4, -0.2) is 24.2 Å². The summed E-state index contributed by atoms with van der Waals surface area (Å²) in [4.78, 5) is 11.2. The van der Waals surface area contributed by atoms with Crippen LogP contribution in [0, 0.1) is 5.41 Å². The van der Waals surface area contributed by atoms with Gasteiger partial charge in [0.15, 0.2) is 0 Å². The molecule has 0 spiro atoms. The molecule has 0 bridgehead atoms. The van der Waals surface area contributed by atoms with Gasteiger partial charge in [0.25, 0.3) is 0 Å². The van der Waals surface area contributed by atoms with Crippen molar-refractivity contribution in [2.75, 3.05) is 18.9 Å². The van der Waals surface area contributed by atoms with E-state index in [1.54, 1.807) is 12.1 Å². The summed E-state index contributed by atoms with van der Waals surface area (Å²) in [7, 11) is 0. The van der Waals surface area contributed by atoms with E-state index in [1.165, 1.54) is 12.5 Å². The number of carboxylic acids is 1. The molecule has 0 unspecified atom stereocenters. The zero-order chi connectivity index (χ0) is 14.6. The first-order valence-corrected chi connectivity index (χ1v) is 7.02. The number of ether oxygens (including phenoxy) is 1. The molecule has 2 rings (SSSR count). The average Bonchev–Trinajstić information content (AvgIpc) is 2.47. The minimum atomic E-state index is -1.03. The highest BCUT2D eigenvalue weighted by molar-refractivity contribution is 5.92. The molecule has 5 heteroatoms. The van der Waals surface area contributed by atoms with Crippen LogP contribution in [0.4, 0.5) is 5.69 Å². The van der Waals surface area contributed by atoms with Gasteiger partial charge in [0.05, 0.1) is 6.61 Å². The Hall–Kier alpha value is -1.75. The van der Waals surface area contributed by atoms with Crippen LogP contribution in [0.15, 0.2) is 18.2 Å². The Morgan fingerprint density at radius 3 is 2.60 bits per heavy atom. The third-order valence-corrected chi connectivity index (χ3v) is 4.12. The van der Waals surface area contributed by atoms with Crippen LogP contribution in [0.1, 0.15) is 42.5 Å². The summed E-state index contributed by atoms with van der Waals surface area (Å²) >= 11 is 0. The lowest BCUT2D eigenvalue weighted by atomic mass is 9.75. The lowest BCUT2D eigenvalue weighted by Crippen LogP contribution is -2.38. The highest BCUT2D eigenvalue weighted by Crippen LogP contribution is 2.36. The van der Waals surface area contributed by atoms with Gasteiger partial charge in [-0.25, -0.2) is 4.79 Å². The third-order valence-electron chi connectivity index (χ3n) is 4.12. The smallest absolute Gasteiger partial charge is 0.339 e. The van der Waals surface area contributed by atoms with Gasteiger partial charge in [0.1, 0.15) is 11.3 Å². The van der Waals surface area contributed by atoms with Crippen LogP contribution in [0.25, 0.3) is 0 Å². The predicted octanol–water partition coefficient (Wildman–Crippen LogP) is 2.25. The lowest BCUT2D eigenvalue weighted by Gasteiger charge is -2.35. The van der Waals surface area contributed by atoms with Crippen LogP contribution in [0.3, 0.4) is 0 Å². The van der Waals surface area contributed by atoms with Crippen molar-refractivity contribution in [3.63, 3.8) is 0 Å². The Morgan fingerprint density at radius 1 is 1.30 bits per heavy atom. The van der Waals surface area contributed by atoms with E-state index in [1.807, 2.05) is 0 Å². The van der Waals surface area contributed by atoms with Crippen molar-refractivity contribution >= 4 is 11.7 Å². The van der Waals surface area contributed by atoms with Crippen molar-refractivity contribution in [1.82, 2.24) is 0 Å². The van der Waals surface area contributed by atoms with E-state index in [-0.39, 0.29) is 11.0 Å². The number of carboxylic acid groups (broad SMARTS) is 1. The van der Waals surface area contributed by atoms with Crippen LogP contribution in [0.2, 0.25) is 0 Å². The molecule has 1 saturated carbocycles. The maximum atomic E-state index is 11.2. The van der Waals surface area contributed by atoms with E-state index in [2.05, 4.69) is 0 Å². The number of benzene rings is 1. The van der Waals surface area contributed by atoms with Crippen molar-refractivity contribution in [3.05, 3.63) is 23.8 Å². The molecule has 1 aliphatic rings. The number of aromatic carboxylic acids is 1. The molecule has 1 fully saturated rings. The molecule has 110 valence electrons. The van der Waals surface area contributed by atoms with Crippen molar-refractivity contribution in [2.45, 2.75) is 32.1 Å². The van der Waals surface area contributed by atoms with Crippen molar-refractivity contribution in [3.8, 4) is 5.75 Å². The van der Waals surface area contributed by atoms with Crippen molar-refractivity contribution in [2.24, 2.45) is 11.1 Å². The minimum Gasteiger partial charge on any atom is -0.492 e. The van der Waals surface area contributed by atoms with Gasteiger partial charge in [-0.15, -0.1) is 0 Å². The molecule has 0 amide bonds. The molecule has 5 nitrogen and oxygen atoms in total. The average molecular weight is 278 g/mol. The molecule has 0 atom stereocenters. The monoisotopic (exact) mass is 278 g/mol. The first kappa shape index (κ1) is 14.7. The second-order valence-electron chi connectivity index (χ2n) is 5.61. The summed E-state index contributed by atoms with van der Waals surface area (Å²) in [5.74, 6) is -0.664. The lowest BCUT2D eigenvalue weighted by molar-refractivity contribution is 0.0681. The van der Waals surface area contributed by atoms with E-state index < -0.39 is 5.97 Å². The van der Waals surface area contributed by atoms with Crippen LogP contribution < -0.4 is 16.2 Å². The molecular weight excluding hydrogens is 256 g/mol. The maximum Gasteiger partial charge on any atom is 0.339 e. The van der Waals surface area contributed by atoms with Crippen LogP contribution in [0.5, 0.6) is 5.75 Å². The number of hydrogen-bond donors (Lipinski definition) is 3. The van der Waals surface area contributed by atoms with Gasteiger partial charge in [0.2, 0.25) is 0 Å². The Kier molecular flexibility index (Phi) is 4.49. The molecule has 0 aliphatic heterocycles. The molecule has 20 heavy (non-hydrogen) atoms. The highest BCUT2D eigenvalue weighted by atomic mass is 16.5. The summed E-state index contributed by atoms with van der Waals surface area (Å²) in [6.07, 6.45) is 5.65. The topological polar surface area (TPSA) is 98.6 Å². The second kappa shape index (κ2) is 6.13. The Balaban J connectivity index is 2.11. The number of nitrogen functional groups attached to an aromatic ring is 1. The number of rotatable bonds is 5. The van der Waals surface area contributed by atoms with E-state index >= 15 is 0 Å². The van der Waals surface area contributed by atoms with E-state index in [0.29, 0.717) is 24.6 Å². The standard InChI is InChI=1S/C15H22N2O3/c16-9-15(6-2-1-3-7-15)10-20-13-5-4-11(17)8-12(13)14(18)19/h4-5,8H,1-3,6-7,9-10,16-17H2,(H,18,19). The first-order chi connectivity index (χ1) is 9.56. The van der Waals surface area contributed by atoms with Crippen LogP contribution in [-0.2, 0) is 0 Å². The summed E-state index contributed by atoms with van der Waals surface area (Å²) < 4.78 is 5.77. The molecule has 1 aromatic rings. The van der Waals surface area contributed by atoms with Gasteiger partial charge in [-0.05, 0) is 31.0 Å². The van der Waals surface area contributed by atoms with E-state index in [4.69, 9.17) is 16.2 Å². The summed E-state index contributed by atoms with van der Waals surface area (Å²) in [6.45, 7) is 1.04. The zero-order valence-corrected chi connectivity index (χ0v) is 11.6. The fraction of sp³-hybridized carbons (Fsp3) is 0.533. The Morgan fingerprint density at radius 2 is 2.00 bits per heavy atom. The molecule has 0 saturated heterocycles. The van der Waals surface area contributed by atoms with Gasteiger partial charge in [0, 0.05) is 17.6 Å². The quantitative estimate of drug-likeness (QED) is 0.717. The molecule has 0 radical (unpaired) electrons. The maximum absolute atomic E-state index is 11.2. The Bertz CT molecular complexity index is 482. The zero-order valence-electron chi connectivity index (χ0n) is 11.6. The van der Waals surface area contributed by atoms with Crippen molar-refractivity contribution < 1.29 is 14.6 Å². The SMILES string of the molecule is NCC1(COc2ccc(N)cc2C(=O)O)CCCCC1. The second-order valence-corrected chi connectivity index (χ2v) is 5.61. The Labute approximate surface area is 118 Å².